The van der Waals surface area contributed by atoms with Crippen LogP contribution in [0.25, 0.3) is 0 Å². The summed E-state index contributed by atoms with van der Waals surface area (Å²) in [4.78, 5) is 45.1. The molecular weight excluding hydrogens is 336 g/mol. The summed E-state index contributed by atoms with van der Waals surface area (Å²) in [7, 11) is 1.89. The molecule has 9 heteroatoms. The van der Waals surface area contributed by atoms with E-state index in [1.54, 1.807) is 18.0 Å². The van der Waals surface area contributed by atoms with E-state index in [-0.39, 0.29) is 30.3 Å². The molecule has 1 aliphatic carbocycles. The molecule has 3 aliphatic rings. The molecule has 1 aromatic heterocycles. The molecular formula is C17H24N6O3. The van der Waals surface area contributed by atoms with Crippen LogP contribution in [-0.4, -0.2) is 68.9 Å². The molecule has 2 unspecified atom stereocenters. The fraction of sp³-hybridized carbons (Fsp3) is 0.647. The zero-order valence-electron chi connectivity index (χ0n) is 15.1. The van der Waals surface area contributed by atoms with Crippen molar-refractivity contribution in [3.8, 4) is 0 Å². The lowest BCUT2D eigenvalue weighted by Crippen LogP contribution is -2.53. The molecule has 1 aromatic rings. The van der Waals surface area contributed by atoms with Crippen LogP contribution in [0, 0.1) is 5.92 Å². The minimum absolute atomic E-state index is 0.179. The molecule has 0 bridgehead atoms. The first kappa shape index (κ1) is 17.0. The van der Waals surface area contributed by atoms with Gasteiger partial charge in [-0.25, -0.2) is 9.78 Å². The number of amides is 4. The van der Waals surface area contributed by atoms with E-state index in [0.717, 1.165) is 23.6 Å². The maximum atomic E-state index is 12.9. The van der Waals surface area contributed by atoms with Gasteiger partial charge in [-0.15, -0.1) is 0 Å². The van der Waals surface area contributed by atoms with Crippen LogP contribution in [0.1, 0.15) is 31.6 Å². The number of rotatable bonds is 4. The van der Waals surface area contributed by atoms with E-state index >= 15 is 0 Å². The quantitative estimate of drug-likeness (QED) is 0.713. The summed E-state index contributed by atoms with van der Waals surface area (Å²) < 4.78 is 1.88. The van der Waals surface area contributed by atoms with Gasteiger partial charge in [-0.1, -0.05) is 0 Å². The van der Waals surface area contributed by atoms with Gasteiger partial charge in [0.25, 0.3) is 5.91 Å². The van der Waals surface area contributed by atoms with Crippen molar-refractivity contribution in [3.05, 3.63) is 18.2 Å². The van der Waals surface area contributed by atoms with Crippen LogP contribution in [0.3, 0.4) is 0 Å². The number of nitrogens with one attached hydrogen (secondary N) is 2. The Morgan fingerprint density at radius 1 is 1.38 bits per heavy atom. The molecule has 0 spiro atoms. The number of aryl methyl sites for hydroxylation is 1. The van der Waals surface area contributed by atoms with E-state index in [4.69, 9.17) is 0 Å². The topological polar surface area (TPSA) is 99.6 Å². The number of urea groups is 1. The van der Waals surface area contributed by atoms with Crippen molar-refractivity contribution in [2.45, 2.75) is 31.3 Å². The average molecular weight is 360 g/mol. The fourth-order valence-electron chi connectivity index (χ4n) is 3.95. The number of piperazine rings is 1. The molecule has 4 amide bonds. The number of aromatic nitrogens is 2. The summed E-state index contributed by atoms with van der Waals surface area (Å²) in [6, 6.07) is -0.687. The highest BCUT2D eigenvalue weighted by Gasteiger charge is 2.56. The molecule has 1 saturated carbocycles. The lowest BCUT2D eigenvalue weighted by molar-refractivity contribution is -0.141. The van der Waals surface area contributed by atoms with Crippen molar-refractivity contribution < 1.29 is 14.4 Å². The van der Waals surface area contributed by atoms with Crippen LogP contribution < -0.4 is 10.6 Å². The van der Waals surface area contributed by atoms with E-state index in [1.807, 2.05) is 17.8 Å². The maximum absolute atomic E-state index is 12.9. The smallest absolute Gasteiger partial charge is 0.325 e. The van der Waals surface area contributed by atoms with Gasteiger partial charge in [0.2, 0.25) is 5.91 Å². The molecule has 3 heterocycles. The zero-order valence-corrected chi connectivity index (χ0v) is 15.1. The number of carbonyl (C=O) groups is 3. The third-order valence-corrected chi connectivity index (χ3v) is 5.71. The molecule has 2 aliphatic heterocycles. The Morgan fingerprint density at radius 3 is 2.81 bits per heavy atom. The highest BCUT2D eigenvalue weighted by Crippen LogP contribution is 2.42. The predicted molar refractivity (Wildman–Crippen MR) is 91.9 cm³/mol. The van der Waals surface area contributed by atoms with E-state index < -0.39 is 11.6 Å². The second-order valence-corrected chi connectivity index (χ2v) is 7.50. The van der Waals surface area contributed by atoms with Gasteiger partial charge in [0.05, 0.1) is 0 Å². The molecule has 140 valence electrons. The molecule has 9 nitrogen and oxygen atoms in total. The van der Waals surface area contributed by atoms with Gasteiger partial charge in [-0.2, -0.15) is 0 Å². The summed E-state index contributed by atoms with van der Waals surface area (Å²) in [6.07, 6.45) is 5.41. The Balaban J connectivity index is 1.51. The van der Waals surface area contributed by atoms with Crippen LogP contribution in [0.15, 0.2) is 12.4 Å². The second-order valence-electron chi connectivity index (χ2n) is 7.50. The zero-order chi connectivity index (χ0) is 18.5. The highest BCUT2D eigenvalue weighted by atomic mass is 16.2. The Morgan fingerprint density at radius 2 is 2.15 bits per heavy atom. The highest BCUT2D eigenvalue weighted by molar-refractivity contribution is 6.09. The standard InChI is InChI=1S/C17H24N6O3/c1-17(11-3-4-11)15(25)23(16(26)20-17)10-13(24)22-8-5-18-9-12(22)14-19-6-7-21(14)2/h6-7,11-12,18H,3-5,8-10H2,1-2H3,(H,20,26). The molecule has 4 rings (SSSR count). The van der Waals surface area contributed by atoms with E-state index in [2.05, 4.69) is 15.6 Å². The molecule has 0 aromatic carbocycles. The molecule has 2 saturated heterocycles. The summed E-state index contributed by atoms with van der Waals surface area (Å²) in [5.74, 6) is 0.439. The van der Waals surface area contributed by atoms with Gasteiger partial charge < -0.3 is 20.1 Å². The van der Waals surface area contributed by atoms with Crippen molar-refractivity contribution >= 4 is 17.8 Å². The van der Waals surface area contributed by atoms with Gasteiger partial charge in [0, 0.05) is 39.1 Å². The number of imidazole rings is 1. The number of hydrogen-bond acceptors (Lipinski definition) is 5. The number of hydrogen-bond donors (Lipinski definition) is 2. The largest absolute Gasteiger partial charge is 0.336 e. The van der Waals surface area contributed by atoms with Gasteiger partial charge >= 0.3 is 6.03 Å². The van der Waals surface area contributed by atoms with Crippen molar-refractivity contribution in [1.29, 1.82) is 0 Å². The number of carbonyl (C=O) groups excluding carboxylic acids is 3. The van der Waals surface area contributed by atoms with Crippen LogP contribution >= 0.6 is 0 Å². The lowest BCUT2D eigenvalue weighted by Gasteiger charge is -2.36. The van der Waals surface area contributed by atoms with Crippen molar-refractivity contribution in [3.63, 3.8) is 0 Å². The first-order valence-corrected chi connectivity index (χ1v) is 9.03. The maximum Gasteiger partial charge on any atom is 0.325 e. The van der Waals surface area contributed by atoms with E-state index in [1.165, 1.54) is 0 Å². The van der Waals surface area contributed by atoms with Gasteiger partial charge in [-0.3, -0.25) is 14.5 Å². The first-order valence-electron chi connectivity index (χ1n) is 9.03. The molecule has 26 heavy (non-hydrogen) atoms. The normalized spacial score (nSPS) is 29.2. The molecule has 2 atom stereocenters. The number of nitrogens with zero attached hydrogens (tertiary/aromatic N) is 4. The fourth-order valence-corrected chi connectivity index (χ4v) is 3.95. The van der Waals surface area contributed by atoms with Gasteiger partial charge in [0.1, 0.15) is 23.9 Å². The van der Waals surface area contributed by atoms with Crippen LogP contribution in [0.5, 0.6) is 0 Å². The second kappa shape index (κ2) is 6.08. The van der Waals surface area contributed by atoms with E-state index in [0.29, 0.717) is 19.6 Å². The molecule has 0 radical (unpaired) electrons. The van der Waals surface area contributed by atoms with Crippen LogP contribution in [0.4, 0.5) is 4.79 Å². The van der Waals surface area contributed by atoms with Gasteiger partial charge in [0.15, 0.2) is 0 Å². The minimum atomic E-state index is -0.861. The van der Waals surface area contributed by atoms with E-state index in [9.17, 15) is 14.4 Å². The van der Waals surface area contributed by atoms with Crippen molar-refractivity contribution in [2.24, 2.45) is 13.0 Å². The summed E-state index contributed by atoms with van der Waals surface area (Å²) in [5, 5.41) is 6.06. The summed E-state index contributed by atoms with van der Waals surface area (Å²) >= 11 is 0. The Labute approximate surface area is 151 Å². The Bertz CT molecular complexity index is 757. The monoisotopic (exact) mass is 360 g/mol. The van der Waals surface area contributed by atoms with Crippen LogP contribution in [-0.2, 0) is 16.6 Å². The van der Waals surface area contributed by atoms with Gasteiger partial charge in [-0.05, 0) is 25.7 Å². The molecule has 2 N–H and O–H groups in total. The minimum Gasteiger partial charge on any atom is -0.336 e. The third-order valence-electron chi connectivity index (χ3n) is 5.71. The average Bonchev–Trinajstić information content (AvgIpc) is 3.36. The number of imide groups is 1. The predicted octanol–water partition coefficient (Wildman–Crippen LogP) is -0.386. The van der Waals surface area contributed by atoms with Crippen LogP contribution in [0.2, 0.25) is 0 Å². The lowest BCUT2D eigenvalue weighted by atomic mass is 9.96. The Hall–Kier alpha value is -2.42. The summed E-state index contributed by atoms with van der Waals surface area (Å²) in [5.41, 5.74) is -0.861. The third kappa shape index (κ3) is 2.66. The molecule has 3 fully saturated rings. The Kier molecular flexibility index (Phi) is 3.98. The van der Waals surface area contributed by atoms with Crippen molar-refractivity contribution in [2.75, 3.05) is 26.2 Å². The summed E-state index contributed by atoms with van der Waals surface area (Å²) in [6.45, 7) is 3.31. The first-order chi connectivity index (χ1) is 12.4. The SMILES string of the molecule is Cn1ccnc1C1CNCCN1C(=O)CN1C(=O)NC(C)(C2CC2)C1=O. The van der Waals surface area contributed by atoms with Crippen molar-refractivity contribution in [1.82, 2.24) is 30.0 Å².